The van der Waals surface area contributed by atoms with Gasteiger partial charge in [0.05, 0.1) is 36.8 Å². The standard InChI is InChI=1S/C28H36N4O9S2/c1-17-14-32(18(2)16-33)28(34)24-13-21(30-42(35,36)23-10-8-22(39-6)9-11-23)7-12-25(24)40-26(17)15-31(5)43(37,38)27-19(3)29-41-20(27)4/h7-13,17-18,26,30,33H,14-16H2,1-6H3/t17-,18+,26-/m1/s1. The zero-order chi connectivity index (χ0) is 31.7. The largest absolute Gasteiger partial charge is 0.497 e. The number of aliphatic hydroxyl groups is 1. The number of rotatable bonds is 10. The van der Waals surface area contributed by atoms with Gasteiger partial charge in [-0.25, -0.2) is 16.8 Å². The average Bonchev–Trinajstić information content (AvgIpc) is 3.32. The van der Waals surface area contributed by atoms with Gasteiger partial charge in [-0.3, -0.25) is 9.52 Å². The number of hydrogen-bond acceptors (Lipinski definition) is 10. The molecule has 1 aliphatic heterocycles. The first-order valence-electron chi connectivity index (χ1n) is 13.5. The van der Waals surface area contributed by atoms with E-state index in [9.17, 15) is 26.7 Å². The molecule has 0 saturated heterocycles. The maximum Gasteiger partial charge on any atom is 0.261 e. The molecule has 0 aliphatic carbocycles. The van der Waals surface area contributed by atoms with Crippen molar-refractivity contribution >= 4 is 31.6 Å². The van der Waals surface area contributed by atoms with Crippen LogP contribution < -0.4 is 14.2 Å². The van der Waals surface area contributed by atoms with Gasteiger partial charge in [0.2, 0.25) is 10.0 Å². The molecule has 234 valence electrons. The minimum atomic E-state index is -4.01. The fraction of sp³-hybridized carbons (Fsp3) is 0.429. The first-order valence-corrected chi connectivity index (χ1v) is 16.4. The Morgan fingerprint density at radius 3 is 2.42 bits per heavy atom. The Morgan fingerprint density at radius 2 is 1.84 bits per heavy atom. The van der Waals surface area contributed by atoms with Crippen LogP contribution in [0.15, 0.2) is 56.8 Å². The molecule has 3 aromatic rings. The van der Waals surface area contributed by atoms with Crippen molar-refractivity contribution in [2.45, 2.75) is 49.6 Å². The van der Waals surface area contributed by atoms with Gasteiger partial charge in [-0.05, 0) is 63.2 Å². The maximum atomic E-state index is 13.7. The normalized spacial score (nSPS) is 18.4. The third-order valence-corrected chi connectivity index (χ3v) is 10.8. The van der Waals surface area contributed by atoms with Crippen LogP contribution in [0, 0.1) is 19.8 Å². The highest BCUT2D eigenvalue weighted by Gasteiger charge is 2.37. The second-order valence-corrected chi connectivity index (χ2v) is 14.2. The lowest BCUT2D eigenvalue weighted by molar-refractivity contribution is 0.0387. The summed E-state index contributed by atoms with van der Waals surface area (Å²) in [5, 5.41) is 13.7. The van der Waals surface area contributed by atoms with Gasteiger partial charge in [-0.2, -0.15) is 4.31 Å². The molecule has 0 saturated carbocycles. The maximum absolute atomic E-state index is 13.7. The number of nitrogens with zero attached hydrogens (tertiary/aromatic N) is 3. The number of fused-ring (bicyclic) bond motifs is 1. The molecule has 3 atom stereocenters. The molecule has 0 spiro atoms. The summed E-state index contributed by atoms with van der Waals surface area (Å²) in [6.07, 6.45) is -0.720. The number of amides is 1. The Balaban J connectivity index is 1.68. The van der Waals surface area contributed by atoms with Gasteiger partial charge < -0.3 is 24.0 Å². The lowest BCUT2D eigenvalue weighted by Crippen LogP contribution is -2.50. The number of methoxy groups -OCH3 is 1. The Bertz CT molecular complexity index is 1670. The number of aryl methyl sites for hydroxylation is 2. The number of carbonyl (C=O) groups is 1. The van der Waals surface area contributed by atoms with Crippen molar-refractivity contribution < 1.29 is 40.7 Å². The fourth-order valence-corrected chi connectivity index (χ4v) is 7.34. The molecule has 1 amide bonds. The quantitative estimate of drug-likeness (QED) is 0.337. The van der Waals surface area contributed by atoms with Gasteiger partial charge >= 0.3 is 0 Å². The van der Waals surface area contributed by atoms with E-state index in [1.165, 1.54) is 68.4 Å². The number of anilines is 1. The van der Waals surface area contributed by atoms with Crippen molar-refractivity contribution in [2.75, 3.05) is 38.6 Å². The predicted octanol–water partition coefficient (Wildman–Crippen LogP) is 2.64. The average molecular weight is 637 g/mol. The number of aliphatic hydroxyl groups excluding tert-OH is 1. The Morgan fingerprint density at radius 1 is 1.16 bits per heavy atom. The fourth-order valence-electron chi connectivity index (χ4n) is 4.82. The van der Waals surface area contributed by atoms with E-state index in [0.29, 0.717) is 5.75 Å². The highest BCUT2D eigenvalue weighted by atomic mass is 32.2. The molecule has 0 bridgehead atoms. The van der Waals surface area contributed by atoms with Crippen LogP contribution in [0.2, 0.25) is 0 Å². The summed E-state index contributed by atoms with van der Waals surface area (Å²) >= 11 is 0. The smallest absolute Gasteiger partial charge is 0.261 e. The van der Waals surface area contributed by atoms with Crippen LogP contribution in [-0.4, -0.2) is 88.2 Å². The topological polar surface area (TPSA) is 169 Å². The van der Waals surface area contributed by atoms with E-state index in [-0.39, 0.29) is 63.9 Å². The molecule has 2 heterocycles. The molecule has 15 heteroatoms. The summed E-state index contributed by atoms with van der Waals surface area (Å²) < 4.78 is 73.0. The van der Waals surface area contributed by atoms with Crippen LogP contribution in [0.1, 0.15) is 35.7 Å². The van der Waals surface area contributed by atoms with Gasteiger partial charge in [0, 0.05) is 25.2 Å². The molecule has 0 radical (unpaired) electrons. The Labute approximate surface area is 251 Å². The highest BCUT2D eigenvalue weighted by molar-refractivity contribution is 7.92. The van der Waals surface area contributed by atoms with E-state index in [2.05, 4.69) is 9.88 Å². The number of carbonyl (C=O) groups excluding carboxylic acids is 1. The molecule has 4 rings (SSSR count). The van der Waals surface area contributed by atoms with E-state index in [0.717, 1.165) is 4.31 Å². The molecular weight excluding hydrogens is 600 g/mol. The molecule has 43 heavy (non-hydrogen) atoms. The van der Waals surface area contributed by atoms with Crippen molar-refractivity contribution in [2.24, 2.45) is 5.92 Å². The van der Waals surface area contributed by atoms with Crippen LogP contribution in [0.4, 0.5) is 5.69 Å². The van der Waals surface area contributed by atoms with Crippen molar-refractivity contribution in [3.8, 4) is 11.5 Å². The van der Waals surface area contributed by atoms with Gasteiger partial charge in [0.25, 0.3) is 15.9 Å². The number of hydrogen-bond donors (Lipinski definition) is 2. The van der Waals surface area contributed by atoms with Gasteiger partial charge in [-0.1, -0.05) is 12.1 Å². The summed E-state index contributed by atoms with van der Waals surface area (Å²) in [4.78, 5) is 15.2. The van der Waals surface area contributed by atoms with Gasteiger partial charge in [0.15, 0.2) is 5.76 Å². The molecule has 13 nitrogen and oxygen atoms in total. The van der Waals surface area contributed by atoms with Gasteiger partial charge in [-0.15, -0.1) is 0 Å². The minimum absolute atomic E-state index is 0.00502. The summed E-state index contributed by atoms with van der Waals surface area (Å²) in [5.41, 5.74) is 0.411. The molecular formula is C28H36N4O9S2. The first kappa shape index (κ1) is 32.3. The SMILES string of the molecule is COc1ccc(S(=O)(=O)Nc2ccc3c(c2)C(=O)N([C@@H](C)CO)C[C@@H](C)[C@@H](CN(C)S(=O)(=O)c2c(C)noc2C)O3)cc1. The Kier molecular flexibility index (Phi) is 9.39. The minimum Gasteiger partial charge on any atom is -0.497 e. The predicted molar refractivity (Wildman–Crippen MR) is 157 cm³/mol. The van der Waals surface area contributed by atoms with Crippen molar-refractivity contribution in [3.63, 3.8) is 0 Å². The number of sulfonamides is 2. The summed E-state index contributed by atoms with van der Waals surface area (Å²) in [6.45, 7) is 6.33. The lowest BCUT2D eigenvalue weighted by atomic mass is 9.99. The Hall–Kier alpha value is -3.66. The molecule has 0 fully saturated rings. The van der Waals surface area contributed by atoms with Crippen LogP contribution in [0.5, 0.6) is 11.5 Å². The van der Waals surface area contributed by atoms with Crippen LogP contribution >= 0.6 is 0 Å². The second kappa shape index (κ2) is 12.5. The summed E-state index contributed by atoms with van der Waals surface area (Å²) in [6, 6.07) is 9.54. The zero-order valence-corrected chi connectivity index (χ0v) is 26.4. The summed E-state index contributed by atoms with van der Waals surface area (Å²) in [5.74, 6) is -0.0211. The molecule has 2 N–H and O–H groups in total. The van der Waals surface area contributed by atoms with Crippen molar-refractivity contribution in [3.05, 3.63) is 59.5 Å². The van der Waals surface area contributed by atoms with E-state index in [4.69, 9.17) is 14.0 Å². The molecule has 1 aromatic heterocycles. The molecule has 2 aromatic carbocycles. The van der Waals surface area contributed by atoms with Crippen LogP contribution in [0.3, 0.4) is 0 Å². The van der Waals surface area contributed by atoms with E-state index < -0.39 is 38.1 Å². The second-order valence-electron chi connectivity index (χ2n) is 10.6. The number of aromatic nitrogens is 1. The third-order valence-electron chi connectivity index (χ3n) is 7.36. The lowest BCUT2D eigenvalue weighted by Gasteiger charge is -2.38. The van der Waals surface area contributed by atoms with Crippen molar-refractivity contribution in [1.29, 1.82) is 0 Å². The van der Waals surface area contributed by atoms with Crippen LogP contribution in [0.25, 0.3) is 0 Å². The van der Waals surface area contributed by atoms with Gasteiger partial charge in [0.1, 0.15) is 28.2 Å². The van der Waals surface area contributed by atoms with E-state index in [1.807, 2.05) is 6.92 Å². The van der Waals surface area contributed by atoms with Crippen molar-refractivity contribution in [1.82, 2.24) is 14.4 Å². The highest BCUT2D eigenvalue weighted by Crippen LogP contribution is 2.32. The number of ether oxygens (including phenoxy) is 2. The van der Waals surface area contributed by atoms with Crippen LogP contribution in [-0.2, 0) is 20.0 Å². The zero-order valence-electron chi connectivity index (χ0n) is 24.8. The third kappa shape index (κ3) is 6.64. The molecule has 1 aliphatic rings. The summed E-state index contributed by atoms with van der Waals surface area (Å²) in [7, 11) is -5.10. The molecule has 0 unspecified atom stereocenters. The monoisotopic (exact) mass is 636 g/mol. The number of benzene rings is 2. The van der Waals surface area contributed by atoms with E-state index >= 15 is 0 Å². The number of nitrogens with one attached hydrogen (secondary N) is 1. The first-order chi connectivity index (χ1) is 20.2. The number of likely N-dealkylation sites (N-methyl/N-ethyl adjacent to an activating group) is 1. The van der Waals surface area contributed by atoms with E-state index in [1.54, 1.807) is 13.8 Å².